The van der Waals surface area contributed by atoms with Crippen molar-refractivity contribution in [1.82, 2.24) is 14.8 Å². The van der Waals surface area contributed by atoms with E-state index in [1.54, 1.807) is 0 Å². The topological polar surface area (TPSA) is 68.0 Å². The third-order valence-corrected chi connectivity index (χ3v) is 4.34. The van der Waals surface area contributed by atoms with Crippen molar-refractivity contribution in [3.63, 3.8) is 0 Å². The molecule has 21 heavy (non-hydrogen) atoms. The number of thioether (sulfide) groups is 1. The zero-order valence-corrected chi connectivity index (χ0v) is 14.2. The average molecular weight is 313 g/mol. The van der Waals surface area contributed by atoms with E-state index in [1.807, 2.05) is 0 Å². The molecule has 0 fully saturated rings. The molecule has 0 aliphatic heterocycles. The number of nitrogens with zero attached hydrogens (tertiary/aromatic N) is 3. The second kappa shape index (κ2) is 9.82. The average Bonchev–Trinajstić information content (AvgIpc) is 2.84. The Bertz CT molecular complexity index is 435. The van der Waals surface area contributed by atoms with Crippen LogP contribution >= 0.6 is 11.8 Å². The van der Waals surface area contributed by atoms with Gasteiger partial charge in [0.05, 0.1) is 5.75 Å². The van der Waals surface area contributed by atoms with Crippen LogP contribution in [-0.2, 0) is 11.2 Å². The van der Waals surface area contributed by atoms with Crippen molar-refractivity contribution < 1.29 is 9.90 Å². The van der Waals surface area contributed by atoms with Gasteiger partial charge < -0.3 is 9.67 Å². The highest BCUT2D eigenvalue weighted by molar-refractivity contribution is 7.99. The molecular weight excluding hydrogens is 286 g/mol. The van der Waals surface area contributed by atoms with Crippen molar-refractivity contribution in [2.24, 2.45) is 0 Å². The zero-order chi connectivity index (χ0) is 15.7. The molecule has 1 rings (SSSR count). The number of aromatic nitrogens is 3. The molecule has 1 aromatic heterocycles. The van der Waals surface area contributed by atoms with Gasteiger partial charge in [-0.25, -0.2) is 0 Å². The largest absolute Gasteiger partial charge is 0.481 e. The zero-order valence-electron chi connectivity index (χ0n) is 13.3. The number of hydrogen-bond acceptors (Lipinski definition) is 4. The van der Waals surface area contributed by atoms with E-state index in [-0.39, 0.29) is 5.75 Å². The van der Waals surface area contributed by atoms with E-state index in [0.29, 0.717) is 6.04 Å². The fourth-order valence-corrected chi connectivity index (χ4v) is 3.21. The standard InChI is InChI=1S/C15H27N3O2S/c1-4-7-10-12(8-5-2)18-13(9-6-3)16-17-15(18)21-11-14(19)20/h12H,4-11H2,1-3H3,(H,19,20). The molecule has 0 aromatic carbocycles. The lowest BCUT2D eigenvalue weighted by atomic mass is 10.0. The molecule has 0 bridgehead atoms. The molecule has 1 atom stereocenters. The van der Waals surface area contributed by atoms with Crippen LogP contribution in [0.25, 0.3) is 0 Å². The second-order valence-electron chi connectivity index (χ2n) is 5.29. The molecule has 1 heterocycles. The van der Waals surface area contributed by atoms with Gasteiger partial charge in [-0.15, -0.1) is 10.2 Å². The molecule has 6 heteroatoms. The lowest BCUT2D eigenvalue weighted by Crippen LogP contribution is -2.14. The van der Waals surface area contributed by atoms with Gasteiger partial charge in [0, 0.05) is 12.5 Å². The van der Waals surface area contributed by atoms with Crippen LogP contribution in [-0.4, -0.2) is 31.6 Å². The first-order valence-corrected chi connectivity index (χ1v) is 8.90. The molecule has 0 spiro atoms. The molecule has 0 amide bonds. The van der Waals surface area contributed by atoms with Crippen LogP contribution in [0.5, 0.6) is 0 Å². The highest BCUT2D eigenvalue weighted by atomic mass is 32.2. The van der Waals surface area contributed by atoms with Gasteiger partial charge in [0.1, 0.15) is 5.82 Å². The van der Waals surface area contributed by atoms with Gasteiger partial charge >= 0.3 is 5.97 Å². The van der Waals surface area contributed by atoms with Crippen LogP contribution in [0.2, 0.25) is 0 Å². The molecule has 0 radical (unpaired) electrons. The summed E-state index contributed by atoms with van der Waals surface area (Å²) in [6.45, 7) is 6.51. The van der Waals surface area contributed by atoms with E-state index in [0.717, 1.165) is 43.1 Å². The van der Waals surface area contributed by atoms with E-state index >= 15 is 0 Å². The number of carboxylic acids is 1. The van der Waals surface area contributed by atoms with Crippen LogP contribution in [0.1, 0.15) is 71.2 Å². The van der Waals surface area contributed by atoms with Crippen molar-refractivity contribution in [2.45, 2.75) is 76.9 Å². The minimum atomic E-state index is -0.813. The lowest BCUT2D eigenvalue weighted by Gasteiger charge is -2.21. The molecule has 5 nitrogen and oxygen atoms in total. The van der Waals surface area contributed by atoms with Crippen LogP contribution in [0, 0.1) is 0 Å². The van der Waals surface area contributed by atoms with Gasteiger partial charge in [0.25, 0.3) is 0 Å². The molecule has 1 unspecified atom stereocenters. The Kier molecular flexibility index (Phi) is 8.42. The number of unbranched alkanes of at least 4 members (excludes halogenated alkanes) is 1. The molecule has 1 aromatic rings. The van der Waals surface area contributed by atoms with Gasteiger partial charge in [-0.1, -0.05) is 51.8 Å². The summed E-state index contributed by atoms with van der Waals surface area (Å²) in [5, 5.41) is 18.2. The van der Waals surface area contributed by atoms with Gasteiger partial charge in [0.2, 0.25) is 0 Å². The summed E-state index contributed by atoms with van der Waals surface area (Å²) in [5.74, 6) is 0.226. The monoisotopic (exact) mass is 313 g/mol. The maximum atomic E-state index is 10.8. The summed E-state index contributed by atoms with van der Waals surface area (Å²) in [6, 6.07) is 0.391. The normalized spacial score (nSPS) is 12.5. The Labute approximate surface area is 131 Å². The quantitative estimate of drug-likeness (QED) is 0.627. The third kappa shape index (κ3) is 5.69. The van der Waals surface area contributed by atoms with Crippen molar-refractivity contribution >= 4 is 17.7 Å². The molecule has 0 saturated carbocycles. The predicted molar refractivity (Wildman–Crippen MR) is 85.8 cm³/mol. The molecule has 120 valence electrons. The fourth-order valence-electron chi connectivity index (χ4n) is 2.47. The van der Waals surface area contributed by atoms with Crippen molar-refractivity contribution in [3.8, 4) is 0 Å². The van der Waals surface area contributed by atoms with Gasteiger partial charge in [0.15, 0.2) is 5.16 Å². The van der Waals surface area contributed by atoms with Gasteiger partial charge in [-0.05, 0) is 19.3 Å². The van der Waals surface area contributed by atoms with E-state index in [2.05, 4.69) is 35.5 Å². The first kappa shape index (κ1) is 18.0. The van der Waals surface area contributed by atoms with E-state index < -0.39 is 5.97 Å². The van der Waals surface area contributed by atoms with Crippen LogP contribution in [0.3, 0.4) is 0 Å². The number of rotatable bonds is 11. The minimum Gasteiger partial charge on any atom is -0.481 e. The van der Waals surface area contributed by atoms with Gasteiger partial charge in [-0.3, -0.25) is 4.79 Å². The van der Waals surface area contributed by atoms with Crippen LogP contribution in [0.15, 0.2) is 5.16 Å². The SMILES string of the molecule is CCCCC(CCC)n1c(CCC)nnc1SCC(=O)O. The highest BCUT2D eigenvalue weighted by Gasteiger charge is 2.20. The first-order valence-electron chi connectivity index (χ1n) is 7.92. The smallest absolute Gasteiger partial charge is 0.313 e. The third-order valence-electron chi connectivity index (χ3n) is 3.41. The summed E-state index contributed by atoms with van der Waals surface area (Å²) in [4.78, 5) is 10.8. The number of carboxylic acid groups (broad SMARTS) is 1. The highest BCUT2D eigenvalue weighted by Crippen LogP contribution is 2.28. The van der Waals surface area contributed by atoms with Crippen molar-refractivity contribution in [3.05, 3.63) is 5.82 Å². The number of hydrogen-bond donors (Lipinski definition) is 1. The minimum absolute atomic E-state index is 0.0386. The summed E-state index contributed by atoms with van der Waals surface area (Å²) >= 11 is 1.28. The summed E-state index contributed by atoms with van der Waals surface area (Å²) in [7, 11) is 0. The van der Waals surface area contributed by atoms with Crippen LogP contribution in [0.4, 0.5) is 0 Å². The Balaban J connectivity index is 2.99. The van der Waals surface area contributed by atoms with Crippen molar-refractivity contribution in [2.75, 3.05) is 5.75 Å². The fraction of sp³-hybridized carbons (Fsp3) is 0.800. The summed E-state index contributed by atoms with van der Waals surface area (Å²) in [5.41, 5.74) is 0. The predicted octanol–water partition coefficient (Wildman–Crippen LogP) is 3.94. The van der Waals surface area contributed by atoms with Crippen molar-refractivity contribution in [1.29, 1.82) is 0 Å². The Hall–Kier alpha value is -1.04. The molecule has 1 N–H and O–H groups in total. The summed E-state index contributed by atoms with van der Waals surface area (Å²) < 4.78 is 2.20. The Morgan fingerprint density at radius 3 is 2.52 bits per heavy atom. The van der Waals surface area contributed by atoms with Crippen LogP contribution < -0.4 is 0 Å². The first-order chi connectivity index (χ1) is 10.1. The number of carbonyl (C=O) groups is 1. The van der Waals surface area contributed by atoms with E-state index in [9.17, 15) is 4.79 Å². The van der Waals surface area contributed by atoms with E-state index in [1.165, 1.54) is 24.6 Å². The maximum absolute atomic E-state index is 10.8. The lowest BCUT2D eigenvalue weighted by molar-refractivity contribution is -0.133. The molecular formula is C15H27N3O2S. The number of aliphatic carboxylic acids is 1. The van der Waals surface area contributed by atoms with E-state index in [4.69, 9.17) is 5.11 Å². The molecule has 0 aliphatic rings. The number of aryl methyl sites for hydroxylation is 1. The summed E-state index contributed by atoms with van der Waals surface area (Å²) in [6.07, 6.45) is 7.58. The molecule has 0 aliphatic carbocycles. The Morgan fingerprint density at radius 2 is 1.95 bits per heavy atom. The Morgan fingerprint density at radius 1 is 1.19 bits per heavy atom. The second-order valence-corrected chi connectivity index (χ2v) is 6.23. The van der Waals surface area contributed by atoms with Gasteiger partial charge in [-0.2, -0.15) is 0 Å². The molecule has 0 saturated heterocycles. The maximum Gasteiger partial charge on any atom is 0.313 e.